The average molecular weight is 467 g/mol. The normalized spacial score (nSPS) is 20.0. The first-order valence-electron chi connectivity index (χ1n) is 10.4. The number of fused-ring (bicyclic) bond motifs is 2. The molecule has 0 saturated carbocycles. The van der Waals surface area contributed by atoms with Gasteiger partial charge in [0.05, 0.1) is 0 Å². The number of carbonyl (C=O) groups is 4. The van der Waals surface area contributed by atoms with Gasteiger partial charge in [-0.25, -0.2) is 4.79 Å². The van der Waals surface area contributed by atoms with Gasteiger partial charge in [0.2, 0.25) is 0 Å². The van der Waals surface area contributed by atoms with Gasteiger partial charge in [-0.3, -0.25) is 18.9 Å². The molecular formula is C21H25NO9S. The number of nitrogens with zero attached hydrogens (tertiary/aromatic N) is 1. The van der Waals surface area contributed by atoms with E-state index in [1.807, 2.05) is 18.2 Å². The number of amides is 2. The number of benzene rings is 1. The molecule has 0 spiro atoms. The van der Waals surface area contributed by atoms with Crippen LogP contribution in [0.15, 0.2) is 24.3 Å². The standard InChI is InChI=1S/C21H25NO9S/c23-18-8-9-19(24)22(18)31-21(26)6-2-5-16-14-3-1-4-15(13-14)17(16)7-10-20(25)30-11-12-32(27,28)29/h1,3-4,13,16-17H,2,5-12H2,(H,27,28,29). The van der Waals surface area contributed by atoms with Gasteiger partial charge in [-0.1, -0.05) is 24.3 Å². The van der Waals surface area contributed by atoms with Crippen LogP contribution in [0.25, 0.3) is 0 Å². The molecule has 174 valence electrons. The van der Waals surface area contributed by atoms with E-state index in [2.05, 4.69) is 6.07 Å². The summed E-state index contributed by atoms with van der Waals surface area (Å²) in [6, 6.07) is 7.94. The van der Waals surface area contributed by atoms with Crippen LogP contribution >= 0.6 is 0 Å². The minimum Gasteiger partial charge on any atom is -0.464 e. The maximum absolute atomic E-state index is 12.0. The minimum absolute atomic E-state index is 0.0454. The highest BCUT2D eigenvalue weighted by atomic mass is 32.2. The molecule has 11 heteroatoms. The van der Waals surface area contributed by atoms with Gasteiger partial charge in [0.25, 0.3) is 21.9 Å². The quantitative estimate of drug-likeness (QED) is 0.293. The summed E-state index contributed by atoms with van der Waals surface area (Å²) in [5.41, 5.74) is 2.18. The maximum Gasteiger partial charge on any atom is 0.333 e. The van der Waals surface area contributed by atoms with Crippen molar-refractivity contribution in [3.63, 3.8) is 0 Å². The minimum atomic E-state index is -4.18. The van der Waals surface area contributed by atoms with Gasteiger partial charge in [-0.2, -0.15) is 8.42 Å². The van der Waals surface area contributed by atoms with Gasteiger partial charge in [0, 0.05) is 25.7 Å². The Hall–Kier alpha value is -2.79. The van der Waals surface area contributed by atoms with Crippen molar-refractivity contribution >= 4 is 33.9 Å². The van der Waals surface area contributed by atoms with Crippen LogP contribution < -0.4 is 0 Å². The van der Waals surface area contributed by atoms with Crippen molar-refractivity contribution in [1.29, 1.82) is 0 Å². The van der Waals surface area contributed by atoms with E-state index in [4.69, 9.17) is 14.1 Å². The van der Waals surface area contributed by atoms with E-state index in [1.165, 1.54) is 0 Å². The lowest BCUT2D eigenvalue weighted by Crippen LogP contribution is -2.32. The van der Waals surface area contributed by atoms with Crippen LogP contribution in [0.5, 0.6) is 0 Å². The summed E-state index contributed by atoms with van der Waals surface area (Å²) < 4.78 is 35.0. The Morgan fingerprint density at radius 2 is 1.62 bits per heavy atom. The summed E-state index contributed by atoms with van der Waals surface area (Å²) in [5.74, 6) is -2.72. The number of ether oxygens (including phenoxy) is 1. The van der Waals surface area contributed by atoms with Crippen molar-refractivity contribution in [2.75, 3.05) is 12.4 Å². The molecule has 1 fully saturated rings. The van der Waals surface area contributed by atoms with Crippen molar-refractivity contribution in [3.8, 4) is 0 Å². The molecule has 10 nitrogen and oxygen atoms in total. The Morgan fingerprint density at radius 3 is 2.25 bits per heavy atom. The zero-order chi connectivity index (χ0) is 23.3. The summed E-state index contributed by atoms with van der Waals surface area (Å²) in [4.78, 5) is 51.9. The largest absolute Gasteiger partial charge is 0.464 e. The first-order chi connectivity index (χ1) is 15.1. The van der Waals surface area contributed by atoms with E-state index in [-0.39, 0.29) is 37.5 Å². The lowest BCUT2D eigenvalue weighted by atomic mass is 9.84. The monoisotopic (exact) mass is 467 g/mol. The lowest BCUT2D eigenvalue weighted by molar-refractivity contribution is -0.197. The first kappa shape index (κ1) is 23.9. The summed E-state index contributed by atoms with van der Waals surface area (Å²) in [5, 5.41) is 0.539. The number of esters is 1. The number of hydrogen-bond acceptors (Lipinski definition) is 8. The van der Waals surface area contributed by atoms with E-state index in [9.17, 15) is 27.6 Å². The number of carbonyl (C=O) groups excluding carboxylic acids is 4. The molecule has 3 rings (SSSR count). The van der Waals surface area contributed by atoms with Gasteiger partial charge in [-0.15, -0.1) is 5.06 Å². The Balaban J connectivity index is 1.47. The fourth-order valence-corrected chi connectivity index (χ4v) is 4.39. The van der Waals surface area contributed by atoms with Gasteiger partial charge in [0.15, 0.2) is 0 Å². The first-order valence-corrected chi connectivity index (χ1v) is 12.0. The molecule has 1 aromatic carbocycles. The van der Waals surface area contributed by atoms with Gasteiger partial charge in [0.1, 0.15) is 12.4 Å². The maximum atomic E-state index is 12.0. The SMILES string of the molecule is O=C(CCC1c2cccc(c2)C1CCCC(=O)ON1C(=O)CCC1=O)OCCS(=O)(=O)O. The predicted octanol–water partition coefficient (Wildman–Crippen LogP) is 1.86. The molecule has 1 heterocycles. The third-order valence-corrected chi connectivity index (χ3v) is 6.29. The molecule has 0 aromatic heterocycles. The third-order valence-electron chi connectivity index (χ3n) is 5.61. The topological polar surface area (TPSA) is 144 Å². The molecule has 2 aliphatic rings. The van der Waals surface area contributed by atoms with Crippen molar-refractivity contribution in [2.24, 2.45) is 0 Å². The van der Waals surface area contributed by atoms with Crippen LogP contribution in [0.4, 0.5) is 0 Å². The third kappa shape index (κ3) is 6.36. The Labute approximate surface area is 185 Å². The van der Waals surface area contributed by atoms with Crippen LogP contribution in [-0.2, 0) is 38.9 Å². The van der Waals surface area contributed by atoms with Crippen molar-refractivity contribution in [1.82, 2.24) is 5.06 Å². The van der Waals surface area contributed by atoms with Crippen LogP contribution in [0.1, 0.15) is 67.9 Å². The molecule has 2 bridgehead atoms. The molecule has 1 saturated heterocycles. The zero-order valence-corrected chi connectivity index (χ0v) is 18.2. The summed E-state index contributed by atoms with van der Waals surface area (Å²) in [6.07, 6.45) is 1.85. The fourth-order valence-electron chi connectivity index (χ4n) is 4.10. The predicted molar refractivity (Wildman–Crippen MR) is 110 cm³/mol. The molecule has 1 aliphatic carbocycles. The zero-order valence-electron chi connectivity index (χ0n) is 17.4. The highest BCUT2D eigenvalue weighted by Crippen LogP contribution is 2.45. The van der Waals surface area contributed by atoms with E-state index >= 15 is 0 Å². The highest BCUT2D eigenvalue weighted by Gasteiger charge is 2.34. The molecule has 1 aromatic rings. The lowest BCUT2D eigenvalue weighted by Gasteiger charge is -2.21. The number of rotatable bonds is 11. The summed E-state index contributed by atoms with van der Waals surface area (Å²) in [7, 11) is -4.18. The van der Waals surface area contributed by atoms with Crippen molar-refractivity contribution in [3.05, 3.63) is 35.4 Å². The molecule has 2 unspecified atom stereocenters. The second-order valence-corrected chi connectivity index (χ2v) is 9.44. The smallest absolute Gasteiger partial charge is 0.333 e. The molecule has 2 atom stereocenters. The van der Waals surface area contributed by atoms with E-state index < -0.39 is 46.2 Å². The van der Waals surface area contributed by atoms with Crippen LogP contribution in [-0.4, -0.2) is 54.1 Å². The summed E-state index contributed by atoms with van der Waals surface area (Å²) in [6.45, 7) is -0.399. The fraction of sp³-hybridized carbons (Fsp3) is 0.524. The van der Waals surface area contributed by atoms with Crippen molar-refractivity contribution in [2.45, 2.75) is 56.8 Å². The van der Waals surface area contributed by atoms with Gasteiger partial charge >= 0.3 is 11.9 Å². The van der Waals surface area contributed by atoms with Gasteiger partial charge in [-0.05, 0) is 42.2 Å². The van der Waals surface area contributed by atoms with Crippen molar-refractivity contribution < 1.29 is 41.7 Å². The molecule has 2 amide bonds. The number of hydroxylamine groups is 2. The molecule has 0 radical (unpaired) electrons. The van der Waals surface area contributed by atoms with Crippen LogP contribution in [0.2, 0.25) is 0 Å². The molecule has 1 N–H and O–H groups in total. The average Bonchev–Trinajstić information content (AvgIpc) is 3.15. The highest BCUT2D eigenvalue weighted by molar-refractivity contribution is 7.85. The van der Waals surface area contributed by atoms with E-state index in [0.29, 0.717) is 24.3 Å². The Morgan fingerprint density at radius 1 is 1.00 bits per heavy atom. The van der Waals surface area contributed by atoms with E-state index in [1.54, 1.807) is 0 Å². The second kappa shape index (κ2) is 10.2. The Kier molecular flexibility index (Phi) is 7.62. The Bertz CT molecular complexity index is 988. The molecule has 32 heavy (non-hydrogen) atoms. The number of hydrogen-bond donors (Lipinski definition) is 1. The second-order valence-electron chi connectivity index (χ2n) is 7.87. The molecule has 1 aliphatic heterocycles. The van der Waals surface area contributed by atoms with E-state index in [0.717, 1.165) is 11.1 Å². The van der Waals surface area contributed by atoms with Crippen LogP contribution in [0.3, 0.4) is 0 Å². The van der Waals surface area contributed by atoms with Gasteiger partial charge < -0.3 is 9.57 Å². The van der Waals surface area contributed by atoms with Crippen LogP contribution in [0, 0.1) is 0 Å². The summed E-state index contributed by atoms with van der Waals surface area (Å²) >= 11 is 0. The molecular weight excluding hydrogens is 442 g/mol. The number of imide groups is 1.